The normalized spacial score (nSPS) is 11.9. The summed E-state index contributed by atoms with van der Waals surface area (Å²) in [5.74, 6) is 0.0581. The summed E-state index contributed by atoms with van der Waals surface area (Å²) in [4.78, 5) is 12.1. The number of hydrogen-bond donors (Lipinski definition) is 1. The van der Waals surface area contributed by atoms with E-state index in [4.69, 9.17) is 0 Å². The first-order valence-electron chi connectivity index (χ1n) is 9.54. The largest absolute Gasteiger partial charge is 0.356 e. The molecule has 3 nitrogen and oxygen atoms in total. The van der Waals surface area contributed by atoms with Crippen molar-refractivity contribution in [3.05, 3.63) is 66.5 Å². The Bertz CT molecular complexity index is 598. The molecule has 3 heteroatoms. The summed E-state index contributed by atoms with van der Waals surface area (Å²) in [6, 6.07) is 16.2. The third kappa shape index (κ3) is 7.51. The van der Waals surface area contributed by atoms with Crippen molar-refractivity contribution in [3.8, 4) is 0 Å². The van der Waals surface area contributed by atoms with Gasteiger partial charge in [0.25, 0.3) is 0 Å². The van der Waals surface area contributed by atoms with E-state index in [1.165, 1.54) is 32.1 Å². The topological polar surface area (TPSA) is 33.0 Å². The summed E-state index contributed by atoms with van der Waals surface area (Å²) in [6.07, 6.45) is 11.6. The van der Waals surface area contributed by atoms with Crippen molar-refractivity contribution in [1.82, 2.24) is 5.32 Å². The molecule has 1 N–H and O–H groups in total. The molecule has 0 saturated heterocycles. The van der Waals surface area contributed by atoms with Crippen LogP contribution in [0.1, 0.15) is 56.9 Å². The van der Waals surface area contributed by atoms with Crippen LogP contribution in [0.5, 0.6) is 0 Å². The standard InChI is InChI=1S/C22H30N2O/c1-20(21-14-8-6-9-15-21)22(25)23-16-10-4-2-3-5-11-17-24-18-12-7-13-19-24/h6-9,12-15,18-20H,2-5,10-11,16-17H2,1H3/p+1/t20-/m1/s1. The fraction of sp³-hybridized carbons (Fsp3) is 0.455. The van der Waals surface area contributed by atoms with E-state index in [0.29, 0.717) is 0 Å². The highest BCUT2D eigenvalue weighted by Crippen LogP contribution is 2.14. The maximum Gasteiger partial charge on any atom is 0.227 e. The zero-order valence-electron chi connectivity index (χ0n) is 15.4. The van der Waals surface area contributed by atoms with Gasteiger partial charge in [0, 0.05) is 25.1 Å². The summed E-state index contributed by atoms with van der Waals surface area (Å²) in [5, 5.41) is 3.06. The monoisotopic (exact) mass is 339 g/mol. The summed E-state index contributed by atoms with van der Waals surface area (Å²) in [7, 11) is 0. The fourth-order valence-corrected chi connectivity index (χ4v) is 2.97. The quantitative estimate of drug-likeness (QED) is 0.482. The van der Waals surface area contributed by atoms with E-state index in [0.717, 1.165) is 25.1 Å². The molecule has 0 unspecified atom stereocenters. The molecule has 1 aromatic heterocycles. The number of amides is 1. The number of carbonyl (C=O) groups is 1. The number of unbranched alkanes of at least 4 members (excludes halogenated alkanes) is 5. The van der Waals surface area contributed by atoms with Gasteiger partial charge in [-0.25, -0.2) is 4.57 Å². The Morgan fingerprint density at radius 3 is 2.20 bits per heavy atom. The molecule has 134 valence electrons. The number of nitrogens with zero attached hydrogens (tertiary/aromatic N) is 1. The fourth-order valence-electron chi connectivity index (χ4n) is 2.97. The molecule has 0 bridgehead atoms. The van der Waals surface area contributed by atoms with Crippen molar-refractivity contribution in [1.29, 1.82) is 0 Å². The lowest BCUT2D eigenvalue weighted by Crippen LogP contribution is -2.32. The molecule has 2 rings (SSSR count). The van der Waals surface area contributed by atoms with Crippen LogP contribution in [0, 0.1) is 0 Å². The summed E-state index contributed by atoms with van der Waals surface area (Å²) in [6.45, 7) is 3.86. The van der Waals surface area contributed by atoms with E-state index < -0.39 is 0 Å². The smallest absolute Gasteiger partial charge is 0.227 e. The van der Waals surface area contributed by atoms with E-state index in [2.05, 4.69) is 40.5 Å². The molecule has 0 aliphatic heterocycles. The predicted octanol–water partition coefficient (Wildman–Crippen LogP) is 4.23. The van der Waals surface area contributed by atoms with Gasteiger partial charge in [-0.3, -0.25) is 4.79 Å². The van der Waals surface area contributed by atoms with Crippen LogP contribution in [0.25, 0.3) is 0 Å². The molecule has 0 spiro atoms. The van der Waals surface area contributed by atoms with Crippen molar-refractivity contribution in [2.75, 3.05) is 6.54 Å². The lowest BCUT2D eigenvalue weighted by Gasteiger charge is -2.12. The van der Waals surface area contributed by atoms with Crippen LogP contribution < -0.4 is 9.88 Å². The number of hydrogen-bond acceptors (Lipinski definition) is 1. The Kier molecular flexibility index (Phi) is 8.74. The molecule has 0 aliphatic carbocycles. The van der Waals surface area contributed by atoms with E-state index in [-0.39, 0.29) is 11.8 Å². The van der Waals surface area contributed by atoms with Gasteiger partial charge >= 0.3 is 0 Å². The van der Waals surface area contributed by atoms with Crippen LogP contribution in [0.15, 0.2) is 60.9 Å². The molecule has 1 aromatic carbocycles. The minimum absolute atomic E-state index is 0.0725. The zero-order chi connectivity index (χ0) is 17.7. The molecular weight excluding hydrogens is 308 g/mol. The van der Waals surface area contributed by atoms with Gasteiger partial charge in [-0.15, -0.1) is 0 Å². The van der Waals surface area contributed by atoms with Gasteiger partial charge in [-0.05, 0) is 25.3 Å². The Morgan fingerprint density at radius 2 is 1.48 bits per heavy atom. The Hall–Kier alpha value is -2.16. The van der Waals surface area contributed by atoms with Crippen LogP contribution in [0.2, 0.25) is 0 Å². The first kappa shape index (κ1) is 19.2. The number of aryl methyl sites for hydroxylation is 1. The zero-order valence-corrected chi connectivity index (χ0v) is 15.4. The molecule has 25 heavy (non-hydrogen) atoms. The van der Waals surface area contributed by atoms with Gasteiger partial charge in [0.1, 0.15) is 6.54 Å². The highest BCUT2D eigenvalue weighted by molar-refractivity contribution is 5.83. The second-order valence-corrected chi connectivity index (χ2v) is 6.66. The van der Waals surface area contributed by atoms with Crippen LogP contribution >= 0.6 is 0 Å². The van der Waals surface area contributed by atoms with Crippen LogP contribution in [0.4, 0.5) is 0 Å². The first-order chi connectivity index (χ1) is 12.3. The lowest BCUT2D eigenvalue weighted by atomic mass is 10.0. The Balaban J connectivity index is 1.46. The van der Waals surface area contributed by atoms with Crippen molar-refractivity contribution >= 4 is 5.91 Å². The average molecular weight is 340 g/mol. The van der Waals surface area contributed by atoms with Crippen LogP contribution in [0.3, 0.4) is 0 Å². The third-order valence-electron chi connectivity index (χ3n) is 4.61. The maximum atomic E-state index is 12.1. The van der Waals surface area contributed by atoms with Gasteiger partial charge in [0.05, 0.1) is 5.92 Å². The SMILES string of the molecule is C[C@@H](C(=O)NCCCCCCCC[n+]1ccccc1)c1ccccc1. The van der Waals surface area contributed by atoms with Crippen molar-refractivity contribution < 1.29 is 9.36 Å². The number of benzene rings is 1. The Morgan fingerprint density at radius 1 is 0.880 bits per heavy atom. The molecular formula is C22H31N2O+. The van der Waals surface area contributed by atoms with Gasteiger partial charge in [-0.1, -0.05) is 55.7 Å². The van der Waals surface area contributed by atoms with Gasteiger partial charge < -0.3 is 5.32 Å². The number of carbonyl (C=O) groups excluding carboxylic acids is 1. The number of nitrogens with one attached hydrogen (secondary N) is 1. The molecule has 1 atom stereocenters. The average Bonchev–Trinajstić information content (AvgIpc) is 2.67. The minimum Gasteiger partial charge on any atom is -0.356 e. The molecule has 0 aliphatic rings. The molecule has 0 radical (unpaired) electrons. The molecule has 0 saturated carbocycles. The van der Waals surface area contributed by atoms with E-state index in [9.17, 15) is 4.79 Å². The van der Waals surface area contributed by atoms with Crippen molar-refractivity contribution in [2.24, 2.45) is 0 Å². The van der Waals surface area contributed by atoms with Crippen molar-refractivity contribution in [2.45, 2.75) is 57.9 Å². The van der Waals surface area contributed by atoms with Gasteiger partial charge in [0.2, 0.25) is 5.91 Å². The minimum atomic E-state index is -0.0725. The van der Waals surface area contributed by atoms with E-state index in [1.54, 1.807) is 0 Å². The second kappa shape index (κ2) is 11.4. The molecule has 2 aromatic rings. The van der Waals surface area contributed by atoms with Gasteiger partial charge in [0.15, 0.2) is 12.4 Å². The van der Waals surface area contributed by atoms with E-state index in [1.807, 2.05) is 37.3 Å². The molecule has 1 amide bonds. The first-order valence-corrected chi connectivity index (χ1v) is 9.54. The number of pyridine rings is 1. The summed E-state index contributed by atoms with van der Waals surface area (Å²) in [5.41, 5.74) is 1.08. The van der Waals surface area contributed by atoms with Crippen LogP contribution in [-0.2, 0) is 11.3 Å². The van der Waals surface area contributed by atoms with E-state index >= 15 is 0 Å². The lowest BCUT2D eigenvalue weighted by molar-refractivity contribution is -0.697. The Labute approximate surface area is 152 Å². The maximum absolute atomic E-state index is 12.1. The summed E-state index contributed by atoms with van der Waals surface area (Å²) >= 11 is 0. The highest BCUT2D eigenvalue weighted by Gasteiger charge is 2.13. The van der Waals surface area contributed by atoms with Gasteiger partial charge in [-0.2, -0.15) is 0 Å². The summed E-state index contributed by atoms with van der Waals surface area (Å²) < 4.78 is 2.24. The number of aromatic nitrogens is 1. The third-order valence-corrected chi connectivity index (χ3v) is 4.61. The second-order valence-electron chi connectivity index (χ2n) is 6.66. The molecule has 1 heterocycles. The predicted molar refractivity (Wildman–Crippen MR) is 102 cm³/mol. The van der Waals surface area contributed by atoms with Crippen LogP contribution in [-0.4, -0.2) is 12.5 Å². The highest BCUT2D eigenvalue weighted by atomic mass is 16.1. The number of rotatable bonds is 11. The molecule has 0 fully saturated rings. The van der Waals surface area contributed by atoms with Crippen molar-refractivity contribution in [3.63, 3.8) is 0 Å².